The lowest BCUT2D eigenvalue weighted by atomic mass is 9.96. The Balaban J connectivity index is 2.29. The second kappa shape index (κ2) is 26.1. The minimum Gasteiger partial charge on any atom is -0.480 e. The van der Waals surface area contributed by atoms with Crippen molar-refractivity contribution in [2.24, 2.45) is 11.8 Å². The number of carboxylic acids is 1. The van der Waals surface area contributed by atoms with Crippen LogP contribution in [0.15, 0.2) is 76.2 Å². The van der Waals surface area contributed by atoms with Crippen molar-refractivity contribution in [2.45, 2.75) is 123 Å². The van der Waals surface area contributed by atoms with E-state index in [9.17, 15) is 37.5 Å². The van der Waals surface area contributed by atoms with Crippen molar-refractivity contribution in [1.29, 1.82) is 0 Å². The summed E-state index contributed by atoms with van der Waals surface area (Å²) in [5, 5.41) is 21.1. The van der Waals surface area contributed by atoms with Crippen LogP contribution in [-0.4, -0.2) is 99.4 Å². The van der Waals surface area contributed by atoms with Crippen molar-refractivity contribution < 1.29 is 37.5 Å². The largest absolute Gasteiger partial charge is 0.480 e. The van der Waals surface area contributed by atoms with Gasteiger partial charge in [0.25, 0.3) is 0 Å². The van der Waals surface area contributed by atoms with Crippen molar-refractivity contribution in [1.82, 2.24) is 26.0 Å². The molecule has 0 aliphatic rings. The minimum atomic E-state index is -4.18. The number of allylic oxidation sites excluding steroid dienone is 5. The topological polar surface area (TPSA) is 203 Å². The highest BCUT2D eigenvalue weighted by atomic mass is 32.2. The summed E-state index contributed by atoms with van der Waals surface area (Å²) in [4.78, 5) is 67.6. The summed E-state index contributed by atoms with van der Waals surface area (Å²) in [6.45, 7) is 16.0. The van der Waals surface area contributed by atoms with Gasteiger partial charge in [-0.25, -0.2) is 13.1 Å². The molecule has 14 nitrogen and oxygen atoms in total. The van der Waals surface area contributed by atoms with Crippen molar-refractivity contribution >= 4 is 67.8 Å². The number of carboxylic acid groups (broad SMARTS) is 1. The number of sulfonamides is 1. The van der Waals surface area contributed by atoms with Crippen LogP contribution in [0.5, 0.6) is 0 Å². The van der Waals surface area contributed by atoms with Gasteiger partial charge >= 0.3 is 5.97 Å². The molecule has 0 heterocycles. The fourth-order valence-corrected chi connectivity index (χ4v) is 8.59. The number of hydrogen-bond acceptors (Lipinski definition) is 9. The molecule has 2 aromatic carbocycles. The molecule has 0 spiro atoms. The SMILES string of the molecule is CC[C@H](C)[C@H](NC(=O)[C@@H](NC(=O)[C@H](CSC/C=C(\C)CC/C=C(\C)CCC=C(C)C)NC(=O)CNS(=O)(=O)c1cccc2c(N(C)C)cccc12)C(C)C)C(=O)N[C@@H](C)C(=O)O. The molecule has 0 saturated heterocycles. The zero-order valence-corrected chi connectivity index (χ0v) is 40.0. The number of rotatable bonds is 26. The fraction of sp³-hybridized carbons (Fsp3) is 0.543. The molecule has 0 aliphatic carbocycles. The molecule has 344 valence electrons. The van der Waals surface area contributed by atoms with Gasteiger partial charge in [0, 0.05) is 42.1 Å². The van der Waals surface area contributed by atoms with Crippen molar-refractivity contribution in [3.63, 3.8) is 0 Å². The molecule has 0 bridgehead atoms. The second-order valence-corrected chi connectivity index (χ2v) is 19.4. The number of fused-ring (bicyclic) bond motifs is 1. The van der Waals surface area contributed by atoms with E-state index in [0.717, 1.165) is 36.8 Å². The van der Waals surface area contributed by atoms with Gasteiger partial charge in [0.15, 0.2) is 0 Å². The highest BCUT2D eigenvalue weighted by Gasteiger charge is 2.34. The Morgan fingerprint density at radius 3 is 1.94 bits per heavy atom. The Bertz CT molecular complexity index is 2060. The van der Waals surface area contributed by atoms with Crippen LogP contribution in [0.25, 0.3) is 10.8 Å². The maximum atomic E-state index is 14.0. The summed E-state index contributed by atoms with van der Waals surface area (Å²) in [7, 11) is -0.462. The summed E-state index contributed by atoms with van der Waals surface area (Å²) in [6, 6.07) is 5.68. The number of benzene rings is 2. The molecule has 6 N–H and O–H groups in total. The number of nitrogens with one attached hydrogen (secondary N) is 5. The standard InChI is InChI=1S/C46H70N6O8S2/c1-12-33(8)42(45(56)48-34(9)46(57)58)51-44(55)41(30(4)5)50-43(54)37(28-61-26-25-32(7)20-14-19-31(6)18-13-17-29(2)3)49-40(53)27-47-62(59,60)39-24-16-21-35-36(39)22-15-23-38(35)52(10)11/h15-17,19,21-25,30,33-34,37,41-42,47H,12-14,18,20,26-28H2,1-11H3,(H,48,56)(H,49,53)(H,50,54)(H,51,55)(H,57,58)/b31-19+,32-25+/t33-,34-,37-,41-,42-/m0/s1. The molecule has 0 aliphatic heterocycles. The number of carbonyl (C=O) groups excluding carboxylic acids is 4. The van der Waals surface area contributed by atoms with E-state index >= 15 is 0 Å². The Kier molecular flexibility index (Phi) is 22.5. The molecule has 2 aromatic rings. The molecule has 0 saturated carbocycles. The van der Waals surface area contributed by atoms with Crippen molar-refractivity contribution in [3.8, 4) is 0 Å². The molecule has 0 radical (unpaired) electrons. The van der Waals surface area contributed by atoms with Gasteiger partial charge in [-0.2, -0.15) is 11.8 Å². The van der Waals surface area contributed by atoms with Crippen LogP contribution < -0.4 is 30.9 Å². The van der Waals surface area contributed by atoms with E-state index in [-0.39, 0.29) is 16.6 Å². The zero-order chi connectivity index (χ0) is 46.7. The van der Waals surface area contributed by atoms with Gasteiger partial charge in [0.1, 0.15) is 24.2 Å². The van der Waals surface area contributed by atoms with E-state index in [1.54, 1.807) is 39.0 Å². The van der Waals surface area contributed by atoms with Gasteiger partial charge in [-0.3, -0.25) is 24.0 Å². The van der Waals surface area contributed by atoms with Gasteiger partial charge in [-0.05, 0) is 84.3 Å². The predicted molar refractivity (Wildman–Crippen MR) is 252 cm³/mol. The molecule has 62 heavy (non-hydrogen) atoms. The third-order valence-electron chi connectivity index (χ3n) is 10.4. The summed E-state index contributed by atoms with van der Waals surface area (Å²) in [5.41, 5.74) is 4.64. The van der Waals surface area contributed by atoms with E-state index in [0.29, 0.717) is 17.6 Å². The highest BCUT2D eigenvalue weighted by Crippen LogP contribution is 2.30. The maximum Gasteiger partial charge on any atom is 0.325 e. The van der Waals surface area contributed by atoms with Crippen LogP contribution >= 0.6 is 11.8 Å². The van der Waals surface area contributed by atoms with Gasteiger partial charge in [0.05, 0.1) is 11.4 Å². The molecule has 2 rings (SSSR count). The smallest absolute Gasteiger partial charge is 0.325 e. The van der Waals surface area contributed by atoms with Crippen molar-refractivity contribution in [2.75, 3.05) is 37.0 Å². The maximum absolute atomic E-state index is 14.0. The summed E-state index contributed by atoms with van der Waals surface area (Å²) < 4.78 is 29.6. The summed E-state index contributed by atoms with van der Waals surface area (Å²) >= 11 is 1.39. The first kappa shape index (κ1) is 53.5. The molecule has 0 aromatic heterocycles. The summed E-state index contributed by atoms with van der Waals surface area (Å²) in [6.07, 6.45) is 10.8. The number of aliphatic carboxylic acids is 1. The Morgan fingerprint density at radius 2 is 1.34 bits per heavy atom. The van der Waals surface area contributed by atoms with Crippen LogP contribution in [0.1, 0.15) is 94.4 Å². The molecule has 0 unspecified atom stereocenters. The average Bonchev–Trinajstić information content (AvgIpc) is 3.20. The first-order valence-electron chi connectivity index (χ1n) is 21.2. The van der Waals surface area contributed by atoms with E-state index in [4.69, 9.17) is 0 Å². The molecular formula is C46H70N6O8S2. The van der Waals surface area contributed by atoms with Crippen LogP contribution in [0.4, 0.5) is 5.69 Å². The Labute approximate surface area is 373 Å². The second-order valence-electron chi connectivity index (χ2n) is 16.6. The lowest BCUT2D eigenvalue weighted by Gasteiger charge is -2.29. The summed E-state index contributed by atoms with van der Waals surface area (Å²) in [5.74, 6) is -4.19. The fourth-order valence-electron chi connectivity index (χ4n) is 6.38. The number of carbonyl (C=O) groups is 5. The third-order valence-corrected chi connectivity index (χ3v) is 12.9. The molecule has 5 atom stereocenters. The van der Waals surface area contributed by atoms with Crippen LogP contribution in [-0.2, 0) is 34.0 Å². The predicted octanol–water partition coefficient (Wildman–Crippen LogP) is 6.08. The number of amides is 4. The number of thioether (sulfide) groups is 1. The zero-order valence-electron chi connectivity index (χ0n) is 38.4. The van der Waals surface area contributed by atoms with Crippen LogP contribution in [0, 0.1) is 11.8 Å². The lowest BCUT2D eigenvalue weighted by molar-refractivity contribution is -0.142. The Morgan fingerprint density at radius 1 is 0.758 bits per heavy atom. The van der Waals surface area contributed by atoms with Gasteiger partial charge < -0.3 is 31.3 Å². The average molecular weight is 899 g/mol. The quantitative estimate of drug-likeness (QED) is 0.0475. The third kappa shape index (κ3) is 17.6. The van der Waals surface area contributed by atoms with E-state index in [2.05, 4.69) is 65.0 Å². The normalized spacial score (nSPS) is 14.6. The molecule has 0 fully saturated rings. The van der Waals surface area contributed by atoms with E-state index in [1.807, 2.05) is 45.0 Å². The van der Waals surface area contributed by atoms with Crippen LogP contribution in [0.2, 0.25) is 0 Å². The Hall–Kier alpha value is -4.67. The first-order chi connectivity index (χ1) is 29.1. The molecular weight excluding hydrogens is 829 g/mol. The number of anilines is 1. The monoisotopic (exact) mass is 898 g/mol. The first-order valence-corrected chi connectivity index (χ1v) is 23.9. The minimum absolute atomic E-state index is 0.000435. The van der Waals surface area contributed by atoms with Gasteiger partial charge in [-0.1, -0.05) is 93.3 Å². The number of hydrogen-bond donors (Lipinski definition) is 6. The van der Waals surface area contributed by atoms with E-state index in [1.165, 1.54) is 41.5 Å². The van der Waals surface area contributed by atoms with Crippen molar-refractivity contribution in [3.05, 3.63) is 71.3 Å². The molecule has 16 heteroatoms. The lowest BCUT2D eigenvalue weighted by Crippen LogP contribution is -2.60. The van der Waals surface area contributed by atoms with Crippen LogP contribution in [0.3, 0.4) is 0 Å². The van der Waals surface area contributed by atoms with Gasteiger partial charge in [-0.15, -0.1) is 0 Å². The van der Waals surface area contributed by atoms with E-state index < -0.39 is 76.3 Å². The highest BCUT2D eigenvalue weighted by molar-refractivity contribution is 7.99. The molecule has 4 amide bonds. The number of nitrogens with zero attached hydrogens (tertiary/aromatic N) is 1. The van der Waals surface area contributed by atoms with Gasteiger partial charge in [0.2, 0.25) is 33.7 Å².